The number of carbonyl (C=O) groups is 1. The average molecular weight is 568 g/mol. The van der Waals surface area contributed by atoms with Gasteiger partial charge in [0.2, 0.25) is 5.75 Å². The molecule has 10 nitrogen and oxygen atoms in total. The van der Waals surface area contributed by atoms with Crippen LogP contribution in [-0.2, 0) is 0 Å². The molecule has 1 amide bonds. The molecule has 1 saturated heterocycles. The van der Waals surface area contributed by atoms with Crippen LogP contribution >= 0.6 is 12.4 Å². The summed E-state index contributed by atoms with van der Waals surface area (Å²) in [6, 6.07) is 13.1. The van der Waals surface area contributed by atoms with Crippen molar-refractivity contribution in [3.8, 4) is 34.3 Å². The van der Waals surface area contributed by atoms with Crippen molar-refractivity contribution >= 4 is 29.6 Å². The number of anilines is 1. The fourth-order valence-corrected chi connectivity index (χ4v) is 4.90. The minimum absolute atomic E-state index is 0. The summed E-state index contributed by atoms with van der Waals surface area (Å²) in [7, 11) is 4.61. The Hall–Kier alpha value is -4.02. The summed E-state index contributed by atoms with van der Waals surface area (Å²) in [5, 5.41) is 11.1. The van der Waals surface area contributed by atoms with E-state index < -0.39 is 0 Å². The maximum atomic E-state index is 13.7. The van der Waals surface area contributed by atoms with Crippen molar-refractivity contribution < 1.29 is 23.7 Å². The third-order valence-corrected chi connectivity index (χ3v) is 6.83. The number of nitrogens with one attached hydrogen (secondary N) is 2. The first-order valence-electron chi connectivity index (χ1n) is 13.0. The molecule has 11 heteroatoms. The SMILES string of the molecule is CCOc1ccc(-c2cc3nc(C4CCNCC4)c(C(=O)Nc4cc(OC)c(OC)c(OC)c4)cn3n2)cc1.Cl. The van der Waals surface area contributed by atoms with E-state index in [4.69, 9.17) is 29.0 Å². The average Bonchev–Trinajstić information content (AvgIpc) is 3.40. The Bertz CT molecular complexity index is 1440. The van der Waals surface area contributed by atoms with Crippen molar-refractivity contribution in [2.24, 2.45) is 0 Å². The number of benzene rings is 2. The first-order chi connectivity index (χ1) is 19.0. The molecule has 0 aliphatic carbocycles. The van der Waals surface area contributed by atoms with Crippen molar-refractivity contribution in [1.82, 2.24) is 19.9 Å². The van der Waals surface area contributed by atoms with Gasteiger partial charge in [-0.3, -0.25) is 4.79 Å². The van der Waals surface area contributed by atoms with Crippen LogP contribution in [0.2, 0.25) is 0 Å². The highest BCUT2D eigenvalue weighted by Crippen LogP contribution is 2.40. The van der Waals surface area contributed by atoms with Crippen LogP contribution in [-0.4, -0.2) is 61.5 Å². The van der Waals surface area contributed by atoms with Crippen LogP contribution in [0.3, 0.4) is 0 Å². The highest BCUT2D eigenvalue weighted by molar-refractivity contribution is 6.05. The Morgan fingerprint density at radius 1 is 1.02 bits per heavy atom. The van der Waals surface area contributed by atoms with Crippen molar-refractivity contribution in [1.29, 1.82) is 0 Å². The van der Waals surface area contributed by atoms with Crippen LogP contribution in [0.15, 0.2) is 48.7 Å². The molecular weight excluding hydrogens is 534 g/mol. The summed E-state index contributed by atoms with van der Waals surface area (Å²) >= 11 is 0. The van der Waals surface area contributed by atoms with Gasteiger partial charge in [-0.2, -0.15) is 5.10 Å². The number of ether oxygens (including phenoxy) is 4. The number of amides is 1. The summed E-state index contributed by atoms with van der Waals surface area (Å²) in [5.74, 6) is 2.03. The number of fused-ring (bicyclic) bond motifs is 1. The predicted octanol–water partition coefficient (Wildman–Crippen LogP) is 4.96. The number of rotatable bonds is 9. The molecule has 4 aromatic rings. The number of piperidine rings is 1. The lowest BCUT2D eigenvalue weighted by Crippen LogP contribution is -2.29. The van der Waals surface area contributed by atoms with E-state index >= 15 is 0 Å². The Balaban J connectivity index is 0.00000370. The zero-order chi connectivity index (χ0) is 27.4. The van der Waals surface area contributed by atoms with Gasteiger partial charge < -0.3 is 29.6 Å². The van der Waals surface area contributed by atoms with Crippen LogP contribution in [0, 0.1) is 0 Å². The molecule has 2 N–H and O–H groups in total. The molecular formula is C29H34ClN5O5. The Morgan fingerprint density at radius 2 is 1.70 bits per heavy atom. The molecule has 0 saturated carbocycles. The van der Waals surface area contributed by atoms with Gasteiger partial charge in [-0.1, -0.05) is 0 Å². The fraction of sp³-hybridized carbons (Fsp3) is 0.345. The van der Waals surface area contributed by atoms with E-state index in [9.17, 15) is 4.79 Å². The topological polar surface area (TPSA) is 108 Å². The number of aromatic nitrogens is 3. The molecule has 2 aromatic carbocycles. The molecule has 40 heavy (non-hydrogen) atoms. The zero-order valence-electron chi connectivity index (χ0n) is 23.0. The van der Waals surface area contributed by atoms with Crippen LogP contribution in [0.1, 0.15) is 41.7 Å². The van der Waals surface area contributed by atoms with Gasteiger partial charge in [0.25, 0.3) is 5.91 Å². The van der Waals surface area contributed by atoms with Crippen molar-refractivity contribution in [2.75, 3.05) is 46.3 Å². The molecule has 0 spiro atoms. The lowest BCUT2D eigenvalue weighted by Gasteiger charge is -2.24. The largest absolute Gasteiger partial charge is 0.494 e. The van der Waals surface area contributed by atoms with E-state index in [1.54, 1.807) is 22.8 Å². The van der Waals surface area contributed by atoms with E-state index in [2.05, 4.69) is 10.6 Å². The van der Waals surface area contributed by atoms with Gasteiger partial charge in [0.05, 0.1) is 44.9 Å². The highest BCUT2D eigenvalue weighted by atomic mass is 35.5. The maximum absolute atomic E-state index is 13.7. The second kappa shape index (κ2) is 12.9. The van der Waals surface area contributed by atoms with Gasteiger partial charge in [0.15, 0.2) is 17.1 Å². The lowest BCUT2D eigenvalue weighted by atomic mass is 9.91. The first kappa shape index (κ1) is 29.0. The summed E-state index contributed by atoms with van der Waals surface area (Å²) in [6.07, 6.45) is 3.56. The van der Waals surface area contributed by atoms with E-state index in [1.165, 1.54) is 21.3 Å². The summed E-state index contributed by atoms with van der Waals surface area (Å²) in [4.78, 5) is 18.7. The molecule has 0 radical (unpaired) electrons. The molecule has 1 aliphatic rings. The predicted molar refractivity (Wildman–Crippen MR) is 156 cm³/mol. The third-order valence-electron chi connectivity index (χ3n) is 6.83. The fourth-order valence-electron chi connectivity index (χ4n) is 4.90. The monoisotopic (exact) mass is 567 g/mol. The molecule has 212 valence electrons. The minimum Gasteiger partial charge on any atom is -0.494 e. The van der Waals surface area contributed by atoms with Crippen molar-refractivity contribution in [2.45, 2.75) is 25.7 Å². The molecule has 2 aromatic heterocycles. The van der Waals surface area contributed by atoms with Crippen molar-refractivity contribution in [3.63, 3.8) is 0 Å². The minimum atomic E-state index is -0.287. The Kier molecular flexibility index (Phi) is 9.34. The van der Waals surface area contributed by atoms with Crippen LogP contribution < -0.4 is 29.6 Å². The second-order valence-corrected chi connectivity index (χ2v) is 9.22. The number of hydrogen-bond acceptors (Lipinski definition) is 8. The zero-order valence-corrected chi connectivity index (χ0v) is 23.8. The molecule has 1 aliphatic heterocycles. The standard InChI is InChI=1S/C29H33N5O5.ClH/c1-5-39-21-8-6-18(7-9-21)23-16-26-32-27(19-10-12-30-13-11-19)22(17-34(26)33-23)29(35)31-20-14-24(36-2)28(38-4)25(15-20)37-3;/h6-9,14-17,19,30H,5,10-13H2,1-4H3,(H,31,35);1H. The van der Waals surface area contributed by atoms with Crippen molar-refractivity contribution in [3.05, 3.63) is 59.9 Å². The van der Waals surface area contributed by atoms with E-state index in [0.717, 1.165) is 48.6 Å². The normalized spacial score (nSPS) is 13.4. The summed E-state index contributed by atoms with van der Waals surface area (Å²) in [6.45, 7) is 4.32. The Labute approximate surface area is 239 Å². The van der Waals surface area contributed by atoms with Gasteiger partial charge in [-0.05, 0) is 57.1 Å². The van der Waals surface area contributed by atoms with E-state index in [1.807, 2.05) is 37.3 Å². The number of halogens is 1. The summed E-state index contributed by atoms with van der Waals surface area (Å²) in [5.41, 5.74) is 4.16. The van der Waals surface area contributed by atoms with E-state index in [0.29, 0.717) is 40.8 Å². The van der Waals surface area contributed by atoms with Crippen LogP contribution in [0.4, 0.5) is 5.69 Å². The van der Waals surface area contributed by atoms with Gasteiger partial charge in [0, 0.05) is 41.6 Å². The quantitative estimate of drug-likeness (QED) is 0.292. The molecule has 0 bridgehead atoms. The van der Waals surface area contributed by atoms with Gasteiger partial charge in [-0.25, -0.2) is 9.50 Å². The first-order valence-corrected chi connectivity index (χ1v) is 13.0. The van der Waals surface area contributed by atoms with Gasteiger partial charge in [-0.15, -0.1) is 12.4 Å². The molecule has 1 fully saturated rings. The molecule has 0 unspecified atom stereocenters. The number of hydrogen-bond donors (Lipinski definition) is 2. The summed E-state index contributed by atoms with van der Waals surface area (Å²) < 4.78 is 23.5. The lowest BCUT2D eigenvalue weighted by molar-refractivity contribution is 0.102. The molecule has 3 heterocycles. The van der Waals surface area contributed by atoms with Crippen LogP contribution in [0.5, 0.6) is 23.0 Å². The molecule has 0 atom stereocenters. The van der Waals surface area contributed by atoms with Crippen LogP contribution in [0.25, 0.3) is 16.9 Å². The van der Waals surface area contributed by atoms with Gasteiger partial charge >= 0.3 is 0 Å². The van der Waals surface area contributed by atoms with E-state index in [-0.39, 0.29) is 24.2 Å². The molecule has 5 rings (SSSR count). The number of nitrogens with zero attached hydrogens (tertiary/aromatic N) is 3. The Morgan fingerprint density at radius 3 is 2.30 bits per heavy atom. The second-order valence-electron chi connectivity index (χ2n) is 9.22. The number of methoxy groups -OCH3 is 3. The third kappa shape index (κ3) is 5.93. The smallest absolute Gasteiger partial charge is 0.259 e. The maximum Gasteiger partial charge on any atom is 0.259 e. The van der Waals surface area contributed by atoms with Gasteiger partial charge in [0.1, 0.15) is 5.75 Å². The number of carbonyl (C=O) groups excluding carboxylic acids is 1. The highest BCUT2D eigenvalue weighted by Gasteiger charge is 2.25.